The van der Waals surface area contributed by atoms with Gasteiger partial charge in [0.1, 0.15) is 35.0 Å². The van der Waals surface area contributed by atoms with E-state index in [1.165, 1.54) is 0 Å². The van der Waals surface area contributed by atoms with Crippen LogP contribution in [0.3, 0.4) is 0 Å². The van der Waals surface area contributed by atoms with Crippen LogP contribution in [0.5, 0.6) is 0 Å². The molecule has 2 amide bonds. The number of aromatic nitrogens is 5. The summed E-state index contributed by atoms with van der Waals surface area (Å²) in [5.41, 5.74) is 0.747. The van der Waals surface area contributed by atoms with Gasteiger partial charge in [-0.05, 0) is 37.0 Å². The first-order chi connectivity index (χ1) is 15.4. The van der Waals surface area contributed by atoms with E-state index in [-0.39, 0.29) is 12.0 Å². The predicted molar refractivity (Wildman–Crippen MR) is 111 cm³/mol. The number of anilines is 1. The molecule has 168 valence electrons. The number of hydrogen-bond donors (Lipinski definition) is 3. The number of carbonyl (C=O) groups is 2. The highest BCUT2D eigenvalue weighted by atomic mass is 19.1. The molecule has 4 rings (SSSR count). The van der Waals surface area contributed by atoms with Gasteiger partial charge in [0.05, 0.1) is 6.42 Å². The normalized spacial score (nSPS) is 14.0. The van der Waals surface area contributed by atoms with Crippen LogP contribution in [-0.4, -0.2) is 42.8 Å². The number of nitrogens with one attached hydrogen (secondary N) is 3. The summed E-state index contributed by atoms with van der Waals surface area (Å²) >= 11 is 0. The Morgan fingerprint density at radius 1 is 1.16 bits per heavy atom. The quantitative estimate of drug-likeness (QED) is 0.518. The second-order valence-electron chi connectivity index (χ2n) is 7.69. The lowest BCUT2D eigenvalue weighted by molar-refractivity contribution is -0.126. The summed E-state index contributed by atoms with van der Waals surface area (Å²) in [6.07, 6.45) is 3.09. The summed E-state index contributed by atoms with van der Waals surface area (Å²) in [5.74, 6) is -0.561. The van der Waals surface area contributed by atoms with E-state index in [0.29, 0.717) is 23.8 Å². The maximum absolute atomic E-state index is 13.3. The maximum atomic E-state index is 13.3. The summed E-state index contributed by atoms with van der Waals surface area (Å²) in [6, 6.07) is 3.73. The summed E-state index contributed by atoms with van der Waals surface area (Å²) in [7, 11) is 0. The molecular weight excluding hydrogens is 420 g/mol. The molecule has 1 aliphatic heterocycles. The van der Waals surface area contributed by atoms with Crippen LogP contribution in [0, 0.1) is 11.6 Å². The summed E-state index contributed by atoms with van der Waals surface area (Å²) in [6.45, 7) is 2.57. The molecule has 1 unspecified atom stereocenters. The standard InChI is InChI=1S/C21H23F2N7O2/c1-2-15(24-19(31)9-12-7-13(22)10-14(23)8-12)21(32)25-17-11-16(26-27-17)20-29-28-18-5-3-4-6-30(18)20/h7-8,10-11,15H,2-6,9H2,1H3,(H,24,31)(H2,25,26,27,32). The molecule has 0 fully saturated rings. The number of fused-ring (bicyclic) bond motifs is 1. The third-order valence-corrected chi connectivity index (χ3v) is 5.27. The summed E-state index contributed by atoms with van der Waals surface area (Å²) in [5, 5.41) is 20.7. The first-order valence-corrected chi connectivity index (χ1v) is 10.5. The fourth-order valence-corrected chi connectivity index (χ4v) is 3.71. The number of hydrogen-bond acceptors (Lipinski definition) is 5. The van der Waals surface area contributed by atoms with Gasteiger partial charge in [0, 0.05) is 25.1 Å². The number of aryl methyl sites for hydroxylation is 1. The zero-order valence-corrected chi connectivity index (χ0v) is 17.5. The molecule has 1 atom stereocenters. The van der Waals surface area contributed by atoms with Gasteiger partial charge in [-0.2, -0.15) is 5.10 Å². The second-order valence-corrected chi connectivity index (χ2v) is 7.69. The Kier molecular flexibility index (Phi) is 6.24. The van der Waals surface area contributed by atoms with Crippen molar-refractivity contribution >= 4 is 17.6 Å². The molecule has 3 N–H and O–H groups in total. The minimum atomic E-state index is -0.825. The van der Waals surface area contributed by atoms with Gasteiger partial charge in [0.15, 0.2) is 5.82 Å². The number of carbonyl (C=O) groups excluding carboxylic acids is 2. The molecule has 11 heteroatoms. The average Bonchev–Trinajstić information content (AvgIpc) is 3.37. The third-order valence-electron chi connectivity index (χ3n) is 5.27. The van der Waals surface area contributed by atoms with E-state index in [4.69, 9.17) is 0 Å². The molecule has 9 nitrogen and oxygen atoms in total. The number of benzene rings is 1. The van der Waals surface area contributed by atoms with Crippen LogP contribution >= 0.6 is 0 Å². The van der Waals surface area contributed by atoms with Crippen LogP contribution in [0.1, 0.15) is 37.6 Å². The summed E-state index contributed by atoms with van der Waals surface area (Å²) < 4.78 is 28.7. The van der Waals surface area contributed by atoms with Crippen molar-refractivity contribution in [3.8, 4) is 11.5 Å². The lowest BCUT2D eigenvalue weighted by Crippen LogP contribution is -2.44. The van der Waals surface area contributed by atoms with Crippen molar-refractivity contribution in [2.24, 2.45) is 0 Å². The van der Waals surface area contributed by atoms with Crippen molar-refractivity contribution in [3.63, 3.8) is 0 Å². The number of halogens is 2. The van der Waals surface area contributed by atoms with Gasteiger partial charge in [-0.15, -0.1) is 10.2 Å². The first kappa shape index (κ1) is 21.6. The van der Waals surface area contributed by atoms with Gasteiger partial charge < -0.3 is 15.2 Å². The van der Waals surface area contributed by atoms with Crippen LogP contribution in [-0.2, 0) is 29.0 Å². The predicted octanol–water partition coefficient (Wildman–Crippen LogP) is 2.36. The van der Waals surface area contributed by atoms with Crippen molar-refractivity contribution in [3.05, 3.63) is 47.3 Å². The van der Waals surface area contributed by atoms with Crippen molar-refractivity contribution in [2.45, 2.75) is 51.6 Å². The fraction of sp³-hybridized carbons (Fsp3) is 0.381. The Hall–Kier alpha value is -3.63. The number of amides is 2. The van der Waals surface area contributed by atoms with Crippen LogP contribution in [0.2, 0.25) is 0 Å². The van der Waals surface area contributed by atoms with Gasteiger partial charge in [0.25, 0.3) is 0 Å². The van der Waals surface area contributed by atoms with Gasteiger partial charge >= 0.3 is 0 Å². The smallest absolute Gasteiger partial charge is 0.248 e. The molecule has 32 heavy (non-hydrogen) atoms. The molecule has 1 aliphatic rings. The van der Waals surface area contributed by atoms with E-state index in [1.807, 2.05) is 4.57 Å². The molecule has 1 aromatic carbocycles. The topological polar surface area (TPSA) is 118 Å². The second kappa shape index (κ2) is 9.25. The van der Waals surface area contributed by atoms with E-state index < -0.39 is 29.5 Å². The van der Waals surface area contributed by atoms with E-state index >= 15 is 0 Å². The van der Waals surface area contributed by atoms with E-state index in [2.05, 4.69) is 31.0 Å². The van der Waals surface area contributed by atoms with Gasteiger partial charge in [-0.1, -0.05) is 6.92 Å². The average molecular weight is 443 g/mol. The highest BCUT2D eigenvalue weighted by Gasteiger charge is 2.22. The largest absolute Gasteiger partial charge is 0.344 e. The van der Waals surface area contributed by atoms with Crippen LogP contribution in [0.25, 0.3) is 11.5 Å². The first-order valence-electron chi connectivity index (χ1n) is 10.5. The maximum Gasteiger partial charge on any atom is 0.248 e. The van der Waals surface area contributed by atoms with Crippen LogP contribution < -0.4 is 10.6 Å². The minimum Gasteiger partial charge on any atom is -0.344 e. The Bertz CT molecular complexity index is 1120. The molecule has 0 bridgehead atoms. The Balaban J connectivity index is 1.38. The Morgan fingerprint density at radius 3 is 2.69 bits per heavy atom. The van der Waals surface area contributed by atoms with Gasteiger partial charge in [-0.25, -0.2) is 8.78 Å². The van der Waals surface area contributed by atoms with Crippen molar-refractivity contribution < 1.29 is 18.4 Å². The summed E-state index contributed by atoms with van der Waals surface area (Å²) in [4.78, 5) is 24.9. The monoisotopic (exact) mass is 443 g/mol. The lowest BCUT2D eigenvalue weighted by Gasteiger charge is -2.16. The minimum absolute atomic E-state index is 0.185. The Morgan fingerprint density at radius 2 is 1.94 bits per heavy atom. The van der Waals surface area contributed by atoms with Crippen molar-refractivity contribution in [1.82, 2.24) is 30.3 Å². The van der Waals surface area contributed by atoms with Gasteiger partial charge in [-0.3, -0.25) is 14.7 Å². The molecule has 3 aromatic rings. The zero-order chi connectivity index (χ0) is 22.7. The third kappa shape index (κ3) is 4.82. The van der Waals surface area contributed by atoms with Crippen LogP contribution in [0.15, 0.2) is 24.3 Å². The molecule has 0 spiro atoms. The SMILES string of the molecule is CCC(NC(=O)Cc1cc(F)cc(F)c1)C(=O)Nc1cc(-c2nnc3n2CCCC3)n[nH]1. The Labute approximate surface area is 182 Å². The van der Waals surface area contributed by atoms with Crippen LogP contribution in [0.4, 0.5) is 14.6 Å². The van der Waals surface area contributed by atoms with Gasteiger partial charge in [0.2, 0.25) is 11.8 Å². The fourth-order valence-electron chi connectivity index (χ4n) is 3.71. The number of H-pyrrole nitrogens is 1. The number of aromatic amines is 1. The molecule has 0 saturated heterocycles. The molecule has 3 heterocycles. The van der Waals surface area contributed by atoms with Crippen molar-refractivity contribution in [2.75, 3.05) is 5.32 Å². The van der Waals surface area contributed by atoms with Crippen molar-refractivity contribution in [1.29, 1.82) is 0 Å². The number of rotatable bonds is 7. The molecule has 0 radical (unpaired) electrons. The van der Waals surface area contributed by atoms with E-state index in [9.17, 15) is 18.4 Å². The molecule has 2 aromatic heterocycles. The molecule has 0 aliphatic carbocycles. The van der Waals surface area contributed by atoms with E-state index in [0.717, 1.165) is 49.8 Å². The number of nitrogens with zero attached hydrogens (tertiary/aromatic N) is 4. The zero-order valence-electron chi connectivity index (χ0n) is 17.5. The van der Waals surface area contributed by atoms with E-state index in [1.54, 1.807) is 13.0 Å². The highest BCUT2D eigenvalue weighted by Crippen LogP contribution is 2.23. The molecule has 0 saturated carbocycles. The molecular formula is C21H23F2N7O2. The highest BCUT2D eigenvalue weighted by molar-refractivity contribution is 5.97. The lowest BCUT2D eigenvalue weighted by atomic mass is 10.1.